The molecule has 0 radical (unpaired) electrons. The van der Waals surface area contributed by atoms with Crippen molar-refractivity contribution in [2.45, 2.75) is 13.8 Å². The van der Waals surface area contributed by atoms with Crippen LogP contribution in [0.5, 0.6) is 0 Å². The van der Waals surface area contributed by atoms with Gasteiger partial charge >= 0.3 is 7.60 Å². The average molecular weight is 329 g/mol. The van der Waals surface area contributed by atoms with Crippen LogP contribution in [0.3, 0.4) is 0 Å². The molecule has 0 aliphatic rings. The molecule has 0 amide bonds. The fraction of sp³-hybridized carbons (Fsp3) is 0.222. The monoisotopic (exact) mass is 329 g/mol. The molecule has 0 saturated heterocycles. The van der Waals surface area contributed by atoms with Gasteiger partial charge in [-0.25, -0.2) is 0 Å². The van der Waals surface area contributed by atoms with E-state index in [9.17, 15) is 4.57 Å². The topological polar surface area (TPSA) is 40.5 Å². The Balaban J connectivity index is 2.24. The fourth-order valence-corrected chi connectivity index (χ4v) is 4.52. The van der Waals surface area contributed by atoms with E-state index in [0.29, 0.717) is 18.5 Å². The molecule has 1 aromatic heterocycles. The van der Waals surface area contributed by atoms with Crippen molar-refractivity contribution < 1.29 is 13.6 Å². The molecule has 0 aliphatic heterocycles. The zero-order valence-corrected chi connectivity index (χ0v) is 14.2. The highest BCUT2D eigenvalue weighted by atomic mass is 31.2. The first-order valence-corrected chi connectivity index (χ1v) is 9.28. The lowest BCUT2D eigenvalue weighted by molar-refractivity contribution is 0.230. The van der Waals surface area contributed by atoms with Gasteiger partial charge in [0.1, 0.15) is 0 Å². The number of hydrogen-bond donors (Lipinski definition) is 0. The maximum absolute atomic E-state index is 13.2. The van der Waals surface area contributed by atoms with Crippen LogP contribution in [0.15, 0.2) is 60.9 Å². The zero-order chi connectivity index (χ0) is 16.3. The van der Waals surface area contributed by atoms with E-state index >= 15 is 0 Å². The lowest BCUT2D eigenvalue weighted by Gasteiger charge is -2.20. The van der Waals surface area contributed by atoms with Crippen molar-refractivity contribution in [1.82, 2.24) is 4.57 Å². The molecular weight excluding hydrogens is 309 g/mol. The molecule has 0 N–H and O–H groups in total. The molecule has 0 saturated carbocycles. The molecule has 3 rings (SSSR count). The smallest absolute Gasteiger partial charge is 0.323 e. The second-order valence-corrected chi connectivity index (χ2v) is 7.07. The predicted molar refractivity (Wildman–Crippen MR) is 93.8 cm³/mol. The molecule has 23 heavy (non-hydrogen) atoms. The Labute approximate surface area is 136 Å². The predicted octanol–water partition coefficient (Wildman–Crippen LogP) is 4.52. The van der Waals surface area contributed by atoms with Crippen LogP contribution in [-0.4, -0.2) is 17.8 Å². The lowest BCUT2D eigenvalue weighted by Crippen LogP contribution is -2.13. The summed E-state index contributed by atoms with van der Waals surface area (Å²) in [6, 6.07) is 15.7. The summed E-state index contributed by atoms with van der Waals surface area (Å²) in [7, 11) is -3.32. The third-order valence-electron chi connectivity index (χ3n) is 3.65. The molecule has 0 spiro atoms. The van der Waals surface area contributed by atoms with E-state index in [2.05, 4.69) is 0 Å². The first-order valence-electron chi connectivity index (χ1n) is 7.74. The molecule has 2 aromatic carbocycles. The number of nitrogens with zero attached hydrogens (tertiary/aromatic N) is 1. The summed E-state index contributed by atoms with van der Waals surface area (Å²) in [5.74, 6) is 0. The number of benzene rings is 2. The molecule has 0 aliphatic carbocycles. The first-order chi connectivity index (χ1) is 11.2. The third-order valence-corrected chi connectivity index (χ3v) is 5.83. The maximum Gasteiger partial charge on any atom is 0.361 e. The maximum atomic E-state index is 13.2. The Morgan fingerprint density at radius 3 is 2.09 bits per heavy atom. The van der Waals surface area contributed by atoms with Crippen LogP contribution in [0.2, 0.25) is 0 Å². The molecule has 120 valence electrons. The van der Waals surface area contributed by atoms with Crippen LogP contribution >= 0.6 is 7.60 Å². The van der Waals surface area contributed by atoms with Crippen molar-refractivity contribution in [3.8, 4) is 5.69 Å². The van der Waals surface area contributed by atoms with Crippen LogP contribution in [0.4, 0.5) is 0 Å². The van der Waals surface area contributed by atoms with Crippen LogP contribution < -0.4 is 5.30 Å². The quantitative estimate of drug-likeness (QED) is 0.624. The van der Waals surface area contributed by atoms with E-state index in [1.54, 1.807) is 0 Å². The Bertz CT molecular complexity index is 833. The SMILES string of the molecule is CCOP(=O)(OCC)c1ccc(-n2cccc2)c2ccccc12. The number of aromatic nitrogens is 1. The summed E-state index contributed by atoms with van der Waals surface area (Å²) in [6.45, 7) is 4.32. The van der Waals surface area contributed by atoms with E-state index in [1.807, 2.05) is 79.3 Å². The van der Waals surface area contributed by atoms with Gasteiger partial charge in [0.15, 0.2) is 0 Å². The third kappa shape index (κ3) is 2.98. The van der Waals surface area contributed by atoms with Gasteiger partial charge in [0.2, 0.25) is 0 Å². The summed E-state index contributed by atoms with van der Waals surface area (Å²) < 4.78 is 26.3. The van der Waals surface area contributed by atoms with Crippen molar-refractivity contribution in [3.63, 3.8) is 0 Å². The Morgan fingerprint density at radius 2 is 1.48 bits per heavy atom. The Kier molecular flexibility index (Phi) is 4.67. The van der Waals surface area contributed by atoms with Gasteiger partial charge in [0.05, 0.1) is 24.2 Å². The fourth-order valence-electron chi connectivity index (χ4n) is 2.74. The normalized spacial score (nSPS) is 11.9. The average Bonchev–Trinajstić information content (AvgIpc) is 3.08. The van der Waals surface area contributed by atoms with Gasteiger partial charge in [-0.2, -0.15) is 0 Å². The Morgan fingerprint density at radius 1 is 0.870 bits per heavy atom. The summed E-state index contributed by atoms with van der Waals surface area (Å²) in [4.78, 5) is 0. The highest BCUT2D eigenvalue weighted by Crippen LogP contribution is 2.48. The highest BCUT2D eigenvalue weighted by molar-refractivity contribution is 7.62. The van der Waals surface area contributed by atoms with E-state index in [-0.39, 0.29) is 0 Å². The number of hydrogen-bond acceptors (Lipinski definition) is 3. The van der Waals surface area contributed by atoms with Gasteiger partial charge in [0, 0.05) is 17.8 Å². The second-order valence-electron chi connectivity index (χ2n) is 5.07. The lowest BCUT2D eigenvalue weighted by atomic mass is 10.1. The minimum Gasteiger partial charge on any atom is -0.323 e. The van der Waals surface area contributed by atoms with Gasteiger partial charge in [0.25, 0.3) is 0 Å². The van der Waals surface area contributed by atoms with Gasteiger partial charge in [-0.15, -0.1) is 0 Å². The van der Waals surface area contributed by atoms with E-state index < -0.39 is 7.60 Å². The number of fused-ring (bicyclic) bond motifs is 1. The zero-order valence-electron chi connectivity index (χ0n) is 13.3. The van der Waals surface area contributed by atoms with Gasteiger partial charge in [-0.05, 0) is 43.5 Å². The minimum atomic E-state index is -3.32. The van der Waals surface area contributed by atoms with Crippen molar-refractivity contribution in [2.75, 3.05) is 13.2 Å². The molecule has 3 aromatic rings. The molecule has 0 bridgehead atoms. The highest BCUT2D eigenvalue weighted by Gasteiger charge is 2.29. The van der Waals surface area contributed by atoms with Gasteiger partial charge in [-0.1, -0.05) is 24.3 Å². The first kappa shape index (κ1) is 16.0. The molecule has 5 heteroatoms. The molecular formula is C18H20NO3P. The van der Waals surface area contributed by atoms with Crippen molar-refractivity contribution in [3.05, 3.63) is 60.9 Å². The summed E-state index contributed by atoms with van der Waals surface area (Å²) in [6.07, 6.45) is 3.98. The van der Waals surface area contributed by atoms with Crippen molar-refractivity contribution in [2.24, 2.45) is 0 Å². The molecule has 0 fully saturated rings. The number of rotatable bonds is 6. The standard InChI is InChI=1S/C18H20NO3P/c1-3-21-23(20,22-4-2)18-12-11-17(19-13-7-8-14-19)15-9-5-6-10-16(15)18/h5-14H,3-4H2,1-2H3. The molecule has 0 atom stereocenters. The summed E-state index contributed by atoms with van der Waals surface area (Å²) in [5, 5.41) is 2.53. The van der Waals surface area contributed by atoms with Crippen LogP contribution in [-0.2, 0) is 13.6 Å². The van der Waals surface area contributed by atoms with E-state index in [1.165, 1.54) is 0 Å². The summed E-state index contributed by atoms with van der Waals surface area (Å²) >= 11 is 0. The minimum absolute atomic E-state index is 0.338. The summed E-state index contributed by atoms with van der Waals surface area (Å²) in [5.41, 5.74) is 1.04. The molecule has 0 unspecified atom stereocenters. The van der Waals surface area contributed by atoms with Crippen LogP contribution in [0.1, 0.15) is 13.8 Å². The van der Waals surface area contributed by atoms with E-state index in [0.717, 1.165) is 16.5 Å². The van der Waals surface area contributed by atoms with Crippen molar-refractivity contribution in [1.29, 1.82) is 0 Å². The Hall–Kier alpha value is -1.87. The second kappa shape index (κ2) is 6.71. The van der Waals surface area contributed by atoms with Gasteiger partial charge < -0.3 is 13.6 Å². The van der Waals surface area contributed by atoms with E-state index in [4.69, 9.17) is 9.05 Å². The molecule has 1 heterocycles. The van der Waals surface area contributed by atoms with Gasteiger partial charge in [-0.3, -0.25) is 4.57 Å². The van der Waals surface area contributed by atoms with Crippen LogP contribution in [0.25, 0.3) is 16.5 Å². The molecule has 4 nitrogen and oxygen atoms in total. The largest absolute Gasteiger partial charge is 0.361 e. The van der Waals surface area contributed by atoms with Crippen molar-refractivity contribution >= 4 is 23.7 Å². The van der Waals surface area contributed by atoms with Crippen LogP contribution in [0, 0.1) is 0 Å².